The number of hydrogen-bond acceptors (Lipinski definition) is 3. The van der Waals surface area contributed by atoms with E-state index in [-0.39, 0.29) is 6.61 Å². The molecule has 1 aromatic carbocycles. The van der Waals surface area contributed by atoms with Gasteiger partial charge in [-0.3, -0.25) is 0 Å². The van der Waals surface area contributed by atoms with E-state index in [0.29, 0.717) is 6.04 Å². The van der Waals surface area contributed by atoms with Crippen molar-refractivity contribution < 1.29 is 5.11 Å². The van der Waals surface area contributed by atoms with E-state index in [1.54, 1.807) is 0 Å². The van der Waals surface area contributed by atoms with Gasteiger partial charge in [0.25, 0.3) is 0 Å². The third-order valence-corrected chi connectivity index (χ3v) is 4.43. The Bertz CT molecular complexity index is 366. The molecule has 0 bridgehead atoms. The number of aliphatic hydroxyl groups excluding tert-OH is 1. The second kappa shape index (κ2) is 5.30. The summed E-state index contributed by atoms with van der Waals surface area (Å²) in [5.74, 6) is 2.39. The third kappa shape index (κ3) is 2.47. The number of rotatable bonds is 3. The molecule has 0 saturated carbocycles. The van der Waals surface area contributed by atoms with E-state index in [1.165, 1.54) is 12.2 Å². The number of aliphatic hydroxyl groups is 1. The molecule has 1 atom stereocenters. The van der Waals surface area contributed by atoms with Gasteiger partial charge >= 0.3 is 0 Å². The van der Waals surface area contributed by atoms with Gasteiger partial charge in [0.15, 0.2) is 0 Å². The maximum absolute atomic E-state index is 9.33. The van der Waals surface area contributed by atoms with E-state index < -0.39 is 0 Å². The van der Waals surface area contributed by atoms with Gasteiger partial charge < -0.3 is 10.0 Å². The molecule has 0 aromatic heterocycles. The SMILES string of the molecule is CN(c1cc(Cl)ccc1CO)C1CCSC1. The Balaban J connectivity index is 2.26. The maximum atomic E-state index is 9.33. The molecule has 88 valence electrons. The topological polar surface area (TPSA) is 23.5 Å². The van der Waals surface area contributed by atoms with Crippen molar-refractivity contribution in [3.8, 4) is 0 Å². The Morgan fingerprint density at radius 2 is 2.38 bits per heavy atom. The molecule has 1 aliphatic heterocycles. The summed E-state index contributed by atoms with van der Waals surface area (Å²) < 4.78 is 0. The Kier molecular flexibility index (Phi) is 4.00. The molecule has 0 aliphatic carbocycles. The van der Waals surface area contributed by atoms with Crippen LogP contribution in [0.15, 0.2) is 18.2 Å². The standard InChI is InChI=1S/C12H16ClNOS/c1-14(11-4-5-16-8-11)12-6-10(13)3-2-9(12)7-15/h2-3,6,11,15H,4-5,7-8H2,1H3. The van der Waals surface area contributed by atoms with Crippen molar-refractivity contribution in [1.29, 1.82) is 0 Å². The highest BCUT2D eigenvalue weighted by Gasteiger charge is 2.21. The lowest BCUT2D eigenvalue weighted by atomic mass is 10.1. The second-order valence-electron chi connectivity index (χ2n) is 4.06. The van der Waals surface area contributed by atoms with E-state index in [2.05, 4.69) is 11.9 Å². The zero-order valence-electron chi connectivity index (χ0n) is 9.32. The summed E-state index contributed by atoms with van der Waals surface area (Å²) in [5.41, 5.74) is 2.01. The maximum Gasteiger partial charge on any atom is 0.0702 e. The summed E-state index contributed by atoms with van der Waals surface area (Å²) in [4.78, 5) is 2.25. The van der Waals surface area contributed by atoms with Crippen molar-refractivity contribution in [1.82, 2.24) is 0 Å². The van der Waals surface area contributed by atoms with Crippen LogP contribution in [0.2, 0.25) is 5.02 Å². The highest BCUT2D eigenvalue weighted by molar-refractivity contribution is 7.99. The molecular formula is C12H16ClNOS. The van der Waals surface area contributed by atoms with Gasteiger partial charge in [-0.15, -0.1) is 0 Å². The summed E-state index contributed by atoms with van der Waals surface area (Å²) in [5, 5.41) is 10.1. The van der Waals surface area contributed by atoms with Crippen molar-refractivity contribution in [2.45, 2.75) is 19.1 Å². The van der Waals surface area contributed by atoms with Gasteiger partial charge in [0, 0.05) is 35.1 Å². The van der Waals surface area contributed by atoms with Crippen LogP contribution in [0.4, 0.5) is 5.69 Å². The van der Waals surface area contributed by atoms with Gasteiger partial charge in [0.05, 0.1) is 6.61 Å². The van der Waals surface area contributed by atoms with Crippen LogP contribution in [0.5, 0.6) is 0 Å². The van der Waals surface area contributed by atoms with Gasteiger partial charge in [-0.25, -0.2) is 0 Å². The van der Waals surface area contributed by atoms with Crippen LogP contribution in [0.1, 0.15) is 12.0 Å². The number of benzene rings is 1. The van der Waals surface area contributed by atoms with Gasteiger partial charge in [-0.05, 0) is 24.3 Å². The van der Waals surface area contributed by atoms with Crippen LogP contribution < -0.4 is 4.90 Å². The van der Waals surface area contributed by atoms with Crippen molar-refractivity contribution in [2.75, 3.05) is 23.5 Å². The lowest BCUT2D eigenvalue weighted by molar-refractivity contribution is 0.282. The molecule has 1 heterocycles. The fourth-order valence-electron chi connectivity index (χ4n) is 2.02. The molecular weight excluding hydrogens is 242 g/mol. The van der Waals surface area contributed by atoms with E-state index in [9.17, 15) is 5.11 Å². The molecule has 1 aromatic rings. The van der Waals surface area contributed by atoms with Crippen LogP contribution in [-0.4, -0.2) is 29.7 Å². The van der Waals surface area contributed by atoms with E-state index in [4.69, 9.17) is 11.6 Å². The minimum Gasteiger partial charge on any atom is -0.392 e. The summed E-state index contributed by atoms with van der Waals surface area (Å²) in [6, 6.07) is 6.23. The summed E-state index contributed by atoms with van der Waals surface area (Å²) >= 11 is 8.00. The minimum atomic E-state index is 0.0662. The van der Waals surface area contributed by atoms with Crippen LogP contribution in [0.25, 0.3) is 0 Å². The second-order valence-corrected chi connectivity index (χ2v) is 5.65. The van der Waals surface area contributed by atoms with Gasteiger partial charge in [0.1, 0.15) is 0 Å². The first-order valence-corrected chi connectivity index (χ1v) is 6.95. The zero-order valence-corrected chi connectivity index (χ0v) is 10.9. The van der Waals surface area contributed by atoms with Crippen LogP contribution in [0.3, 0.4) is 0 Å². The summed E-state index contributed by atoms with van der Waals surface area (Å²) in [7, 11) is 2.08. The predicted molar refractivity (Wildman–Crippen MR) is 71.5 cm³/mol. The number of nitrogens with zero attached hydrogens (tertiary/aromatic N) is 1. The lowest BCUT2D eigenvalue weighted by Crippen LogP contribution is -2.32. The Morgan fingerprint density at radius 3 is 3.00 bits per heavy atom. The first kappa shape index (κ1) is 12.1. The summed E-state index contributed by atoms with van der Waals surface area (Å²) in [6.07, 6.45) is 1.21. The average Bonchev–Trinajstić information content (AvgIpc) is 2.81. The molecule has 1 unspecified atom stereocenters. The number of thioether (sulfide) groups is 1. The number of halogens is 1. The molecule has 0 spiro atoms. The van der Waals surface area contributed by atoms with E-state index >= 15 is 0 Å². The lowest BCUT2D eigenvalue weighted by Gasteiger charge is -2.28. The highest BCUT2D eigenvalue weighted by atomic mass is 35.5. The monoisotopic (exact) mass is 257 g/mol. The summed E-state index contributed by atoms with van der Waals surface area (Å²) in [6.45, 7) is 0.0662. The zero-order chi connectivity index (χ0) is 11.5. The molecule has 1 saturated heterocycles. The molecule has 2 rings (SSSR count). The molecule has 4 heteroatoms. The molecule has 1 aliphatic rings. The fourth-order valence-corrected chi connectivity index (χ4v) is 3.46. The molecule has 2 nitrogen and oxygen atoms in total. The van der Waals surface area contributed by atoms with Gasteiger partial charge in [-0.2, -0.15) is 11.8 Å². The van der Waals surface area contributed by atoms with Crippen LogP contribution in [0, 0.1) is 0 Å². The quantitative estimate of drug-likeness (QED) is 0.901. The molecule has 0 amide bonds. The fraction of sp³-hybridized carbons (Fsp3) is 0.500. The first-order chi connectivity index (χ1) is 7.72. The Hall–Kier alpha value is -0.380. The van der Waals surface area contributed by atoms with Gasteiger partial charge in [0.2, 0.25) is 0 Å². The highest BCUT2D eigenvalue weighted by Crippen LogP contribution is 2.30. The third-order valence-electron chi connectivity index (χ3n) is 3.05. The molecule has 1 N–H and O–H groups in total. The first-order valence-electron chi connectivity index (χ1n) is 5.42. The molecule has 0 radical (unpaired) electrons. The van der Waals surface area contributed by atoms with Crippen molar-refractivity contribution in [2.24, 2.45) is 0 Å². The number of anilines is 1. The normalized spacial score (nSPS) is 20.1. The predicted octanol–water partition coefficient (Wildman–Crippen LogP) is 2.77. The minimum absolute atomic E-state index is 0.0662. The van der Waals surface area contributed by atoms with Crippen LogP contribution >= 0.6 is 23.4 Å². The number of hydrogen-bond donors (Lipinski definition) is 1. The van der Waals surface area contributed by atoms with Crippen LogP contribution in [-0.2, 0) is 6.61 Å². The molecule has 16 heavy (non-hydrogen) atoms. The van der Waals surface area contributed by atoms with Crippen molar-refractivity contribution in [3.05, 3.63) is 28.8 Å². The van der Waals surface area contributed by atoms with Gasteiger partial charge in [-0.1, -0.05) is 17.7 Å². The smallest absolute Gasteiger partial charge is 0.0702 e. The van der Waals surface area contributed by atoms with E-state index in [0.717, 1.165) is 22.0 Å². The Morgan fingerprint density at radius 1 is 1.56 bits per heavy atom. The van der Waals surface area contributed by atoms with Crippen molar-refractivity contribution in [3.63, 3.8) is 0 Å². The average molecular weight is 258 g/mol. The largest absolute Gasteiger partial charge is 0.392 e. The molecule has 1 fully saturated rings. The van der Waals surface area contributed by atoms with Crippen molar-refractivity contribution >= 4 is 29.1 Å². The van der Waals surface area contributed by atoms with E-state index in [1.807, 2.05) is 30.0 Å². The Labute approximate surface area is 106 Å².